The van der Waals surface area contributed by atoms with E-state index < -0.39 is 97.5 Å². The van der Waals surface area contributed by atoms with Gasteiger partial charge in [-0.15, -0.1) is 0 Å². The minimum Gasteiger partial charge on any atom is -0.462 e. The lowest BCUT2D eigenvalue weighted by Crippen LogP contribution is -2.30. The van der Waals surface area contributed by atoms with Crippen LogP contribution in [0, 0.1) is 5.92 Å². The van der Waals surface area contributed by atoms with Gasteiger partial charge >= 0.3 is 39.5 Å². The van der Waals surface area contributed by atoms with E-state index in [0.717, 1.165) is 109 Å². The Kier molecular flexibility index (Phi) is 64.0. The fourth-order valence-corrected chi connectivity index (χ4v) is 12.5. The zero-order valence-corrected chi connectivity index (χ0v) is 60.8. The van der Waals surface area contributed by atoms with Crippen LogP contribution in [0.1, 0.15) is 375 Å². The Labute approximate surface area is 556 Å². The first-order valence-electron chi connectivity index (χ1n) is 37.7. The molecule has 91 heavy (non-hydrogen) atoms. The van der Waals surface area contributed by atoms with Gasteiger partial charge in [0.2, 0.25) is 0 Å². The van der Waals surface area contributed by atoms with Gasteiger partial charge in [0, 0.05) is 25.7 Å². The van der Waals surface area contributed by atoms with Crippen molar-refractivity contribution in [2.75, 3.05) is 39.6 Å². The van der Waals surface area contributed by atoms with Crippen LogP contribution in [0.3, 0.4) is 0 Å². The van der Waals surface area contributed by atoms with Gasteiger partial charge in [-0.1, -0.05) is 324 Å². The van der Waals surface area contributed by atoms with E-state index in [9.17, 15) is 43.2 Å². The number of aliphatic hydroxyl groups is 1. The Balaban J connectivity index is 5.18. The van der Waals surface area contributed by atoms with Crippen molar-refractivity contribution in [3.05, 3.63) is 0 Å². The highest BCUT2D eigenvalue weighted by atomic mass is 31.2. The summed E-state index contributed by atoms with van der Waals surface area (Å²) in [6.45, 7) is 7.25. The fourth-order valence-electron chi connectivity index (χ4n) is 11.0. The van der Waals surface area contributed by atoms with Gasteiger partial charge < -0.3 is 33.8 Å². The Morgan fingerprint density at radius 1 is 0.308 bits per heavy atom. The number of hydrogen-bond donors (Lipinski definition) is 3. The van der Waals surface area contributed by atoms with E-state index in [0.29, 0.717) is 25.7 Å². The number of ether oxygens (including phenoxy) is 4. The second-order valence-electron chi connectivity index (χ2n) is 26.2. The summed E-state index contributed by atoms with van der Waals surface area (Å²) in [5, 5.41) is 10.6. The lowest BCUT2D eigenvalue weighted by molar-refractivity contribution is -0.161. The van der Waals surface area contributed by atoms with E-state index in [-0.39, 0.29) is 25.7 Å². The largest absolute Gasteiger partial charge is 0.472 e. The van der Waals surface area contributed by atoms with Crippen LogP contribution in [0.2, 0.25) is 0 Å². The number of carbonyl (C=O) groups excluding carboxylic acids is 4. The maximum Gasteiger partial charge on any atom is 0.472 e. The summed E-state index contributed by atoms with van der Waals surface area (Å²) in [7, 11) is -9.90. The highest BCUT2D eigenvalue weighted by molar-refractivity contribution is 7.47. The van der Waals surface area contributed by atoms with Gasteiger partial charge in [0.1, 0.15) is 19.3 Å². The molecule has 0 aliphatic carbocycles. The predicted molar refractivity (Wildman–Crippen MR) is 368 cm³/mol. The average molecular weight is 1340 g/mol. The van der Waals surface area contributed by atoms with Crippen LogP contribution >= 0.6 is 15.6 Å². The Hall–Kier alpha value is -1.94. The molecule has 0 aliphatic heterocycles. The van der Waals surface area contributed by atoms with Crippen molar-refractivity contribution in [2.45, 2.75) is 393 Å². The maximum absolute atomic E-state index is 13.0. The quantitative estimate of drug-likeness (QED) is 0.0222. The third-order valence-corrected chi connectivity index (χ3v) is 19.0. The first-order valence-corrected chi connectivity index (χ1v) is 40.7. The van der Waals surface area contributed by atoms with Crippen LogP contribution in [0.4, 0.5) is 0 Å². The van der Waals surface area contributed by atoms with E-state index in [1.54, 1.807) is 0 Å². The van der Waals surface area contributed by atoms with Crippen molar-refractivity contribution in [3.63, 3.8) is 0 Å². The van der Waals surface area contributed by atoms with Gasteiger partial charge in [-0.3, -0.25) is 37.3 Å². The standard InChI is InChI=1S/C72H140O17P2/c1-6-10-13-16-19-21-23-24-25-26-27-28-29-30-32-38-43-48-53-58-72(77)89-68(62-83-70(75)56-51-46-41-36-34-33-35-40-44-49-54-65(5)9-4)64-87-91(80,81)85-60-66(73)59-84-90(78,79)86-63-67(61-82-69(74)55-50-45-39-18-15-12-8-3)88-71(76)57-52-47-42-37-31-22-20-17-14-11-7-2/h65-68,73H,6-64H2,1-5H3,(H,78,79)(H,80,81)/t65?,66-,67+,68+/m0/s1. The molecule has 0 rings (SSSR count). The number of hydrogen-bond acceptors (Lipinski definition) is 15. The summed E-state index contributed by atoms with van der Waals surface area (Å²) < 4.78 is 68.2. The molecule has 0 bridgehead atoms. The minimum absolute atomic E-state index is 0.107. The van der Waals surface area contributed by atoms with Crippen LogP contribution in [0.5, 0.6) is 0 Å². The molecule has 17 nitrogen and oxygen atoms in total. The van der Waals surface area contributed by atoms with Crippen molar-refractivity contribution >= 4 is 39.5 Å². The number of carbonyl (C=O) groups is 4. The lowest BCUT2D eigenvalue weighted by Gasteiger charge is -2.21. The van der Waals surface area contributed by atoms with E-state index in [1.807, 2.05) is 0 Å². The molecule has 540 valence electrons. The van der Waals surface area contributed by atoms with E-state index in [4.69, 9.17) is 37.0 Å². The second-order valence-corrected chi connectivity index (χ2v) is 29.1. The summed E-state index contributed by atoms with van der Waals surface area (Å²) in [5.41, 5.74) is 0. The first kappa shape index (κ1) is 89.1. The van der Waals surface area contributed by atoms with Crippen molar-refractivity contribution in [1.29, 1.82) is 0 Å². The summed E-state index contributed by atoms with van der Waals surface area (Å²) in [6.07, 6.45) is 52.8. The van der Waals surface area contributed by atoms with Gasteiger partial charge in [0.25, 0.3) is 0 Å². The molecule has 3 unspecified atom stereocenters. The number of unbranched alkanes of at least 4 members (excludes halogenated alkanes) is 43. The van der Waals surface area contributed by atoms with E-state index >= 15 is 0 Å². The highest BCUT2D eigenvalue weighted by Gasteiger charge is 2.30. The molecule has 6 atom stereocenters. The molecular weight excluding hydrogens is 1200 g/mol. The average Bonchev–Trinajstić information content (AvgIpc) is 3.72. The Bertz CT molecular complexity index is 1760. The third-order valence-electron chi connectivity index (χ3n) is 17.1. The molecule has 0 spiro atoms. The number of esters is 4. The fraction of sp³-hybridized carbons (Fsp3) is 0.944. The van der Waals surface area contributed by atoms with Gasteiger partial charge in [-0.25, -0.2) is 9.13 Å². The molecule has 0 heterocycles. The summed E-state index contributed by atoms with van der Waals surface area (Å²) >= 11 is 0. The van der Waals surface area contributed by atoms with Crippen LogP contribution in [0.25, 0.3) is 0 Å². The lowest BCUT2D eigenvalue weighted by atomic mass is 9.99. The molecule has 0 aromatic heterocycles. The normalized spacial score (nSPS) is 14.3. The molecular formula is C72H140O17P2. The molecule has 0 amide bonds. The zero-order chi connectivity index (χ0) is 67.0. The number of phosphoric acid groups is 2. The van der Waals surface area contributed by atoms with Gasteiger partial charge in [-0.2, -0.15) is 0 Å². The van der Waals surface area contributed by atoms with Crippen molar-refractivity contribution in [3.8, 4) is 0 Å². The van der Waals surface area contributed by atoms with Crippen molar-refractivity contribution in [1.82, 2.24) is 0 Å². The first-order chi connectivity index (χ1) is 44.1. The zero-order valence-electron chi connectivity index (χ0n) is 59.0. The number of phosphoric ester groups is 2. The molecule has 0 radical (unpaired) electrons. The molecule has 0 saturated carbocycles. The Morgan fingerprint density at radius 2 is 0.527 bits per heavy atom. The summed E-state index contributed by atoms with van der Waals surface area (Å²) in [4.78, 5) is 72.5. The Morgan fingerprint density at radius 3 is 0.780 bits per heavy atom. The molecule has 3 N–H and O–H groups in total. The highest BCUT2D eigenvalue weighted by Crippen LogP contribution is 2.45. The van der Waals surface area contributed by atoms with Crippen LogP contribution in [0.15, 0.2) is 0 Å². The number of aliphatic hydroxyl groups excluding tert-OH is 1. The van der Waals surface area contributed by atoms with Crippen molar-refractivity contribution < 1.29 is 80.2 Å². The molecule has 0 aromatic rings. The minimum atomic E-state index is -4.95. The molecule has 0 fully saturated rings. The van der Waals surface area contributed by atoms with Gasteiger partial charge in [0.15, 0.2) is 12.2 Å². The van der Waals surface area contributed by atoms with Gasteiger partial charge in [0.05, 0.1) is 26.4 Å². The van der Waals surface area contributed by atoms with E-state index in [1.165, 1.54) is 186 Å². The second kappa shape index (κ2) is 65.4. The summed E-state index contributed by atoms with van der Waals surface area (Å²) in [5.74, 6) is -1.31. The van der Waals surface area contributed by atoms with Crippen molar-refractivity contribution in [2.24, 2.45) is 5.92 Å². The number of rotatable bonds is 72. The smallest absolute Gasteiger partial charge is 0.462 e. The van der Waals surface area contributed by atoms with Crippen LogP contribution in [-0.4, -0.2) is 96.7 Å². The third kappa shape index (κ3) is 65.1. The molecule has 0 aliphatic rings. The molecule has 0 aromatic carbocycles. The molecule has 19 heteroatoms. The molecule has 0 saturated heterocycles. The monoisotopic (exact) mass is 1340 g/mol. The SMILES string of the molecule is CCCCCCCCCCCCCCCCCCCCCC(=O)O[C@H](COC(=O)CCCCCCCCCCCCC(C)CC)COP(=O)(O)OC[C@@H](O)COP(=O)(O)OC[C@@H](COC(=O)CCCCCCCCC)OC(=O)CCCCCCCCCCCCC. The maximum atomic E-state index is 13.0. The van der Waals surface area contributed by atoms with E-state index in [2.05, 4.69) is 34.6 Å². The predicted octanol–water partition coefficient (Wildman–Crippen LogP) is 20.9. The van der Waals surface area contributed by atoms with Crippen LogP contribution < -0.4 is 0 Å². The summed E-state index contributed by atoms with van der Waals surface area (Å²) in [6, 6.07) is 0. The topological polar surface area (TPSA) is 237 Å². The van der Waals surface area contributed by atoms with Gasteiger partial charge in [-0.05, 0) is 31.6 Å². The van der Waals surface area contributed by atoms with Crippen LogP contribution in [-0.2, 0) is 65.4 Å².